The molecule has 4 rings (SSSR count). The third-order valence-corrected chi connectivity index (χ3v) is 5.39. The Morgan fingerprint density at radius 3 is 2.43 bits per heavy atom. The van der Waals surface area contributed by atoms with Crippen molar-refractivity contribution in [2.75, 3.05) is 16.7 Å². The predicted octanol–water partition coefficient (Wildman–Crippen LogP) is 2.17. The number of benzene rings is 2. The van der Waals surface area contributed by atoms with Crippen molar-refractivity contribution in [1.29, 1.82) is 0 Å². The Bertz CT molecular complexity index is 889. The van der Waals surface area contributed by atoms with Gasteiger partial charge in [0.15, 0.2) is 5.75 Å². The third kappa shape index (κ3) is 2.47. The minimum Gasteiger partial charge on any atom is -0.454 e. The monoisotopic (exact) mass is 331 g/mol. The van der Waals surface area contributed by atoms with Gasteiger partial charge in [0, 0.05) is 0 Å². The van der Waals surface area contributed by atoms with Crippen LogP contribution in [0.1, 0.15) is 10.4 Å². The molecule has 2 heterocycles. The molecule has 1 saturated heterocycles. The number of fused-ring (bicyclic) bond motifs is 2. The van der Waals surface area contributed by atoms with Gasteiger partial charge in [-0.15, -0.1) is 0 Å². The largest absolute Gasteiger partial charge is 0.454 e. The Morgan fingerprint density at radius 2 is 1.70 bits per heavy atom. The maximum absolute atomic E-state index is 12.9. The summed E-state index contributed by atoms with van der Waals surface area (Å²) in [7, 11) is -3.87. The van der Waals surface area contributed by atoms with Crippen LogP contribution in [0.4, 0.5) is 5.69 Å². The van der Waals surface area contributed by atoms with Gasteiger partial charge in [-0.05, 0) is 24.3 Å². The highest BCUT2D eigenvalue weighted by Crippen LogP contribution is 2.40. The molecule has 2 aliphatic rings. The number of nitrogens with zero attached hydrogens (tertiary/aromatic N) is 1. The summed E-state index contributed by atoms with van der Waals surface area (Å²) in [5, 5.41) is 0. The summed E-state index contributed by atoms with van der Waals surface area (Å²) < 4.78 is 37.1. The molecule has 0 radical (unpaired) electrons. The number of sulfonamides is 1. The van der Waals surface area contributed by atoms with E-state index in [1.54, 1.807) is 48.5 Å². The molecular weight excluding hydrogens is 318 g/mol. The van der Waals surface area contributed by atoms with Crippen molar-refractivity contribution in [3.8, 4) is 11.5 Å². The first-order valence-corrected chi connectivity index (χ1v) is 8.72. The Labute approximate surface area is 133 Å². The highest BCUT2D eigenvalue weighted by atomic mass is 32.2. The summed E-state index contributed by atoms with van der Waals surface area (Å²) in [6.45, 7) is 0.399. The molecule has 0 N–H and O–H groups in total. The average molecular weight is 331 g/mol. The minimum absolute atomic E-state index is 0.212. The molecule has 1 fully saturated rings. The molecule has 0 spiro atoms. The number of ether oxygens (including phenoxy) is 2. The van der Waals surface area contributed by atoms with Crippen LogP contribution in [0.15, 0.2) is 48.5 Å². The molecule has 0 saturated carbocycles. The number of rotatable bonds is 3. The molecule has 2 aromatic carbocycles. The second kappa shape index (κ2) is 5.07. The van der Waals surface area contributed by atoms with Gasteiger partial charge < -0.3 is 9.47 Å². The molecule has 0 aliphatic carbocycles. The predicted molar refractivity (Wildman–Crippen MR) is 83.3 cm³/mol. The number of para-hydroxylation sites is 3. The normalized spacial score (nSPS) is 19.4. The van der Waals surface area contributed by atoms with Crippen LogP contribution in [0.25, 0.3) is 0 Å². The number of hydrogen-bond donors (Lipinski definition) is 0. The first-order valence-electron chi connectivity index (χ1n) is 7.11. The number of amides is 1. The number of anilines is 1. The SMILES string of the molecule is O=C1c2ccccc2Oc2ccccc2N1S(=O)(=O)CC1CO1. The van der Waals surface area contributed by atoms with Gasteiger partial charge in [-0.3, -0.25) is 4.79 Å². The zero-order valence-electron chi connectivity index (χ0n) is 12.0. The molecular formula is C16H13NO5S. The standard InChI is InChI=1S/C16H13NO5S/c18-16-12-5-1-3-7-14(12)22-15-8-4-2-6-13(15)17(16)23(19,20)10-11-9-21-11/h1-8,11H,9-10H2. The van der Waals surface area contributed by atoms with Gasteiger partial charge in [-0.2, -0.15) is 4.31 Å². The summed E-state index contributed by atoms with van der Waals surface area (Å²) in [6, 6.07) is 13.2. The van der Waals surface area contributed by atoms with Crippen molar-refractivity contribution < 1.29 is 22.7 Å². The van der Waals surface area contributed by atoms with Crippen molar-refractivity contribution in [3.05, 3.63) is 54.1 Å². The van der Waals surface area contributed by atoms with Gasteiger partial charge in [-0.1, -0.05) is 24.3 Å². The van der Waals surface area contributed by atoms with E-state index in [-0.39, 0.29) is 23.1 Å². The molecule has 7 heteroatoms. The number of carbonyl (C=O) groups excluding carboxylic acids is 1. The third-order valence-electron chi connectivity index (χ3n) is 3.68. The summed E-state index contributed by atoms with van der Waals surface area (Å²) in [4.78, 5) is 12.9. The van der Waals surface area contributed by atoms with Crippen LogP contribution < -0.4 is 9.04 Å². The Morgan fingerprint density at radius 1 is 1.04 bits per heavy atom. The number of epoxide rings is 1. The van der Waals surface area contributed by atoms with Crippen LogP contribution in [0, 0.1) is 0 Å². The maximum atomic E-state index is 12.9. The Kier molecular flexibility index (Phi) is 3.14. The quantitative estimate of drug-likeness (QED) is 0.806. The Hall–Kier alpha value is -2.38. The molecule has 2 aliphatic heterocycles. The van der Waals surface area contributed by atoms with Crippen LogP contribution in [-0.2, 0) is 14.8 Å². The van der Waals surface area contributed by atoms with Gasteiger partial charge in [0.25, 0.3) is 5.91 Å². The molecule has 6 nitrogen and oxygen atoms in total. The van der Waals surface area contributed by atoms with E-state index in [1.807, 2.05) is 0 Å². The van der Waals surface area contributed by atoms with E-state index in [4.69, 9.17) is 9.47 Å². The zero-order valence-corrected chi connectivity index (χ0v) is 12.8. The summed E-state index contributed by atoms with van der Waals surface area (Å²) in [6.07, 6.45) is -0.348. The number of carbonyl (C=O) groups is 1. The van der Waals surface area contributed by atoms with Crippen molar-refractivity contribution in [1.82, 2.24) is 0 Å². The number of hydrogen-bond acceptors (Lipinski definition) is 5. The summed E-state index contributed by atoms with van der Waals surface area (Å²) >= 11 is 0. The van der Waals surface area contributed by atoms with Gasteiger partial charge in [0.1, 0.15) is 11.4 Å². The highest BCUT2D eigenvalue weighted by Gasteiger charge is 2.40. The van der Waals surface area contributed by atoms with E-state index < -0.39 is 15.9 Å². The first kappa shape index (κ1) is 14.2. The van der Waals surface area contributed by atoms with Crippen molar-refractivity contribution in [2.24, 2.45) is 0 Å². The maximum Gasteiger partial charge on any atom is 0.275 e. The fourth-order valence-corrected chi connectivity index (χ4v) is 4.14. The van der Waals surface area contributed by atoms with E-state index in [0.717, 1.165) is 4.31 Å². The fourth-order valence-electron chi connectivity index (χ4n) is 2.53. The molecule has 118 valence electrons. The molecule has 1 atom stereocenters. The molecule has 1 unspecified atom stereocenters. The topological polar surface area (TPSA) is 76.2 Å². The van der Waals surface area contributed by atoms with E-state index in [2.05, 4.69) is 0 Å². The van der Waals surface area contributed by atoms with E-state index in [9.17, 15) is 13.2 Å². The van der Waals surface area contributed by atoms with E-state index >= 15 is 0 Å². The smallest absolute Gasteiger partial charge is 0.275 e. The molecule has 0 bridgehead atoms. The fraction of sp³-hybridized carbons (Fsp3) is 0.188. The van der Waals surface area contributed by atoms with Crippen molar-refractivity contribution in [3.63, 3.8) is 0 Å². The van der Waals surface area contributed by atoms with Crippen LogP contribution in [-0.4, -0.2) is 32.8 Å². The van der Waals surface area contributed by atoms with Crippen LogP contribution in [0.3, 0.4) is 0 Å². The van der Waals surface area contributed by atoms with E-state index in [0.29, 0.717) is 18.1 Å². The second-order valence-corrected chi connectivity index (χ2v) is 7.23. The summed E-state index contributed by atoms with van der Waals surface area (Å²) in [5.74, 6) is -0.183. The molecule has 2 aromatic rings. The molecule has 0 aromatic heterocycles. The first-order chi connectivity index (χ1) is 11.1. The van der Waals surface area contributed by atoms with Crippen LogP contribution in [0.2, 0.25) is 0 Å². The highest BCUT2D eigenvalue weighted by molar-refractivity contribution is 7.93. The average Bonchev–Trinajstić information content (AvgIpc) is 3.33. The van der Waals surface area contributed by atoms with Gasteiger partial charge >= 0.3 is 0 Å². The van der Waals surface area contributed by atoms with E-state index in [1.165, 1.54) is 0 Å². The lowest BCUT2D eigenvalue weighted by Crippen LogP contribution is -2.39. The Balaban J connectivity index is 1.90. The lowest BCUT2D eigenvalue weighted by molar-refractivity contribution is 0.101. The molecule has 23 heavy (non-hydrogen) atoms. The van der Waals surface area contributed by atoms with Crippen molar-refractivity contribution in [2.45, 2.75) is 6.10 Å². The van der Waals surface area contributed by atoms with Gasteiger partial charge in [-0.25, -0.2) is 8.42 Å². The lowest BCUT2D eigenvalue weighted by Gasteiger charge is -2.21. The van der Waals surface area contributed by atoms with Gasteiger partial charge in [0.05, 0.1) is 24.0 Å². The summed E-state index contributed by atoms with van der Waals surface area (Å²) in [5.41, 5.74) is 0.429. The second-order valence-electron chi connectivity index (χ2n) is 5.37. The van der Waals surface area contributed by atoms with Crippen LogP contribution >= 0.6 is 0 Å². The van der Waals surface area contributed by atoms with Gasteiger partial charge in [0.2, 0.25) is 10.0 Å². The minimum atomic E-state index is -3.87. The lowest BCUT2D eigenvalue weighted by atomic mass is 10.2. The zero-order chi connectivity index (χ0) is 16.0. The van der Waals surface area contributed by atoms with Crippen molar-refractivity contribution >= 4 is 21.6 Å². The molecule has 1 amide bonds. The van der Waals surface area contributed by atoms with Crippen LogP contribution in [0.5, 0.6) is 11.5 Å².